The first-order valence-corrected chi connectivity index (χ1v) is 5.53. The number of hydrogen-bond donors (Lipinski definition) is 2. The van der Waals surface area contributed by atoms with Gasteiger partial charge in [-0.15, -0.1) is 0 Å². The Morgan fingerprint density at radius 3 is 2.93 bits per heavy atom. The number of halogens is 1. The Balaban J connectivity index is 2.21. The van der Waals surface area contributed by atoms with Gasteiger partial charge in [0.05, 0.1) is 5.56 Å². The highest BCUT2D eigenvalue weighted by Crippen LogP contribution is 2.34. The van der Waals surface area contributed by atoms with Crippen LogP contribution < -0.4 is 11.1 Å². The summed E-state index contributed by atoms with van der Waals surface area (Å²) in [7, 11) is 0. The molecule has 0 saturated heterocycles. The van der Waals surface area contributed by atoms with Crippen LogP contribution in [0.2, 0.25) is 0 Å². The van der Waals surface area contributed by atoms with Crippen LogP contribution in [-0.4, -0.2) is 16.4 Å². The fraction of sp³-hybridized carbons (Fsp3) is 0.400. The van der Waals surface area contributed by atoms with Crippen LogP contribution >= 0.6 is 15.9 Å². The monoisotopic (exact) mass is 269 g/mol. The molecular formula is C10H12BrN3O. The Kier molecular flexibility index (Phi) is 2.42. The van der Waals surface area contributed by atoms with Crippen LogP contribution in [0.25, 0.3) is 0 Å². The van der Waals surface area contributed by atoms with Gasteiger partial charge < -0.3 is 11.1 Å². The van der Waals surface area contributed by atoms with Crippen molar-refractivity contribution in [2.75, 3.05) is 5.73 Å². The largest absolute Gasteiger partial charge is 0.383 e. The summed E-state index contributed by atoms with van der Waals surface area (Å²) in [5, 5.41) is 2.93. The Morgan fingerprint density at radius 2 is 2.33 bits per heavy atom. The highest BCUT2D eigenvalue weighted by molar-refractivity contribution is 9.10. The first-order valence-electron chi connectivity index (χ1n) is 4.74. The Hall–Kier alpha value is -1.10. The third kappa shape index (κ3) is 2.28. The topological polar surface area (TPSA) is 68.0 Å². The van der Waals surface area contributed by atoms with E-state index in [0.717, 1.165) is 17.3 Å². The molecule has 1 aromatic rings. The molecule has 1 aliphatic rings. The van der Waals surface area contributed by atoms with Gasteiger partial charge in [0.25, 0.3) is 5.91 Å². The van der Waals surface area contributed by atoms with Crippen molar-refractivity contribution in [2.45, 2.75) is 25.3 Å². The average Bonchev–Trinajstić information content (AvgIpc) is 2.87. The van der Waals surface area contributed by atoms with Crippen LogP contribution in [0.1, 0.15) is 30.1 Å². The van der Waals surface area contributed by atoms with Crippen molar-refractivity contribution in [3.63, 3.8) is 0 Å². The zero-order chi connectivity index (χ0) is 11.1. The van der Waals surface area contributed by atoms with Gasteiger partial charge in [0.1, 0.15) is 5.82 Å². The van der Waals surface area contributed by atoms with Crippen LogP contribution in [0.4, 0.5) is 5.82 Å². The maximum absolute atomic E-state index is 11.8. The first-order chi connectivity index (χ1) is 7.00. The summed E-state index contributed by atoms with van der Waals surface area (Å²) in [4.78, 5) is 15.7. The Bertz CT molecular complexity index is 415. The van der Waals surface area contributed by atoms with Gasteiger partial charge in [-0.2, -0.15) is 0 Å². The molecule has 3 N–H and O–H groups in total. The molecule has 0 aromatic carbocycles. The van der Waals surface area contributed by atoms with Gasteiger partial charge in [0, 0.05) is 16.2 Å². The van der Waals surface area contributed by atoms with Crippen LogP contribution in [0.5, 0.6) is 0 Å². The molecule has 0 atom stereocenters. The van der Waals surface area contributed by atoms with Gasteiger partial charge in [0.15, 0.2) is 0 Å². The predicted molar refractivity (Wildman–Crippen MR) is 61.5 cm³/mol. The lowest BCUT2D eigenvalue weighted by Gasteiger charge is -2.12. The zero-order valence-electron chi connectivity index (χ0n) is 8.38. The average molecular weight is 270 g/mol. The molecule has 0 bridgehead atoms. The molecule has 1 saturated carbocycles. The van der Waals surface area contributed by atoms with Crippen molar-refractivity contribution in [3.05, 3.63) is 22.3 Å². The minimum atomic E-state index is -0.152. The summed E-state index contributed by atoms with van der Waals surface area (Å²) in [5.41, 5.74) is 6.03. The number of nitrogen functional groups attached to an aromatic ring is 1. The second kappa shape index (κ2) is 3.48. The van der Waals surface area contributed by atoms with E-state index in [1.807, 2.05) is 6.92 Å². The van der Waals surface area contributed by atoms with Gasteiger partial charge in [0.2, 0.25) is 0 Å². The maximum atomic E-state index is 11.8. The third-order valence-electron chi connectivity index (χ3n) is 2.55. The molecule has 1 heterocycles. The second-order valence-corrected chi connectivity index (χ2v) is 5.02. The number of carbonyl (C=O) groups is 1. The number of aromatic nitrogens is 1. The van der Waals surface area contributed by atoms with Gasteiger partial charge in [-0.1, -0.05) is 0 Å². The van der Waals surface area contributed by atoms with E-state index in [4.69, 9.17) is 5.73 Å². The molecule has 0 radical (unpaired) electrons. The number of nitrogens with two attached hydrogens (primary N) is 1. The number of carbonyl (C=O) groups excluding carboxylic acids is 1. The van der Waals surface area contributed by atoms with E-state index in [0.29, 0.717) is 5.56 Å². The molecule has 80 valence electrons. The van der Waals surface area contributed by atoms with E-state index in [2.05, 4.69) is 26.2 Å². The van der Waals surface area contributed by atoms with Crippen molar-refractivity contribution in [1.29, 1.82) is 0 Å². The van der Waals surface area contributed by atoms with Gasteiger partial charge >= 0.3 is 0 Å². The van der Waals surface area contributed by atoms with Crippen molar-refractivity contribution >= 4 is 27.7 Å². The quantitative estimate of drug-likeness (QED) is 0.859. The first kappa shape index (κ1) is 10.4. The lowest BCUT2D eigenvalue weighted by atomic mass is 10.2. The highest BCUT2D eigenvalue weighted by atomic mass is 79.9. The number of rotatable bonds is 2. The number of nitrogens with one attached hydrogen (secondary N) is 1. The summed E-state index contributed by atoms with van der Waals surface area (Å²) in [6.07, 6.45) is 3.63. The number of anilines is 1. The van der Waals surface area contributed by atoms with E-state index in [-0.39, 0.29) is 17.3 Å². The number of amides is 1. The number of nitrogens with zero attached hydrogens (tertiary/aromatic N) is 1. The Morgan fingerprint density at radius 1 is 1.67 bits per heavy atom. The molecule has 1 fully saturated rings. The molecule has 15 heavy (non-hydrogen) atoms. The van der Waals surface area contributed by atoms with Gasteiger partial charge in [-0.05, 0) is 41.8 Å². The third-order valence-corrected chi connectivity index (χ3v) is 2.98. The van der Waals surface area contributed by atoms with Gasteiger partial charge in [-0.25, -0.2) is 4.98 Å². The van der Waals surface area contributed by atoms with E-state index >= 15 is 0 Å². The normalized spacial score (nSPS) is 17.2. The van der Waals surface area contributed by atoms with E-state index in [1.54, 1.807) is 12.3 Å². The van der Waals surface area contributed by atoms with Gasteiger partial charge in [-0.3, -0.25) is 4.79 Å². The smallest absolute Gasteiger partial charge is 0.255 e. The predicted octanol–water partition coefficient (Wildman–Crippen LogP) is 1.71. The molecule has 5 heteroatoms. The zero-order valence-corrected chi connectivity index (χ0v) is 9.97. The van der Waals surface area contributed by atoms with Crippen LogP contribution in [-0.2, 0) is 0 Å². The van der Waals surface area contributed by atoms with E-state index < -0.39 is 0 Å². The van der Waals surface area contributed by atoms with Crippen LogP contribution in [0, 0.1) is 0 Å². The second-order valence-electron chi connectivity index (χ2n) is 4.10. The van der Waals surface area contributed by atoms with Crippen molar-refractivity contribution in [1.82, 2.24) is 10.3 Å². The standard InChI is InChI=1S/C10H12BrN3O/c1-10(2-3-10)14-9(15)7-4-6(11)5-13-8(7)12/h4-5H,2-3H2,1H3,(H2,12,13)(H,14,15). The molecule has 1 amide bonds. The molecule has 0 aliphatic heterocycles. The fourth-order valence-corrected chi connectivity index (χ4v) is 1.62. The highest BCUT2D eigenvalue weighted by Gasteiger charge is 2.39. The lowest BCUT2D eigenvalue weighted by molar-refractivity contribution is 0.0936. The van der Waals surface area contributed by atoms with Crippen molar-refractivity contribution < 1.29 is 4.79 Å². The SMILES string of the molecule is CC1(NC(=O)c2cc(Br)cnc2N)CC1. The Labute approximate surface area is 96.4 Å². The molecule has 1 aromatic heterocycles. The molecule has 0 spiro atoms. The minimum Gasteiger partial charge on any atom is -0.383 e. The molecule has 2 rings (SSSR count). The molecule has 1 aliphatic carbocycles. The van der Waals surface area contributed by atoms with Crippen molar-refractivity contribution in [3.8, 4) is 0 Å². The summed E-state index contributed by atoms with van der Waals surface area (Å²) in [6, 6.07) is 1.68. The van der Waals surface area contributed by atoms with Crippen LogP contribution in [0.3, 0.4) is 0 Å². The summed E-state index contributed by atoms with van der Waals surface area (Å²) < 4.78 is 0.753. The molecule has 4 nitrogen and oxygen atoms in total. The lowest BCUT2D eigenvalue weighted by Crippen LogP contribution is -2.34. The summed E-state index contributed by atoms with van der Waals surface area (Å²) >= 11 is 3.26. The number of pyridine rings is 1. The fourth-order valence-electron chi connectivity index (χ4n) is 1.29. The van der Waals surface area contributed by atoms with E-state index in [9.17, 15) is 4.79 Å². The minimum absolute atomic E-state index is 0.0359. The number of hydrogen-bond acceptors (Lipinski definition) is 3. The summed E-state index contributed by atoms with van der Waals surface area (Å²) in [6.45, 7) is 2.02. The summed E-state index contributed by atoms with van der Waals surface area (Å²) in [5.74, 6) is 0.112. The molecule has 0 unspecified atom stereocenters. The maximum Gasteiger partial charge on any atom is 0.255 e. The molecular weight excluding hydrogens is 258 g/mol. The van der Waals surface area contributed by atoms with E-state index in [1.165, 1.54) is 0 Å². The van der Waals surface area contributed by atoms with Crippen LogP contribution in [0.15, 0.2) is 16.7 Å². The van der Waals surface area contributed by atoms with Crippen molar-refractivity contribution in [2.24, 2.45) is 0 Å².